The number of carbonyl (C=O) groups is 1. The van der Waals surface area contributed by atoms with Gasteiger partial charge in [0, 0.05) is 19.1 Å². The Balaban J connectivity index is 1.62. The van der Waals surface area contributed by atoms with E-state index in [2.05, 4.69) is 9.80 Å². The number of nitrogens with two attached hydrogens (primary N) is 1. The number of piperidine rings is 2. The minimum Gasteiger partial charge on any atom is -0.368 e. The second-order valence-electron chi connectivity index (χ2n) is 6.58. The molecule has 4 nitrogen and oxygen atoms in total. The van der Waals surface area contributed by atoms with E-state index >= 15 is 0 Å². The zero-order valence-electron chi connectivity index (χ0n) is 13.3. The number of benzene rings is 1. The van der Waals surface area contributed by atoms with Crippen molar-refractivity contribution in [2.75, 3.05) is 26.2 Å². The molecule has 0 spiro atoms. The van der Waals surface area contributed by atoms with Crippen LogP contribution in [0.4, 0.5) is 0 Å². The van der Waals surface area contributed by atoms with Gasteiger partial charge in [0.05, 0.1) is 0 Å². The molecule has 0 radical (unpaired) electrons. The lowest BCUT2D eigenvalue weighted by Gasteiger charge is -2.42. The third-order valence-corrected chi connectivity index (χ3v) is 5.16. The second kappa shape index (κ2) is 7.25. The number of amides is 1. The van der Waals surface area contributed by atoms with E-state index in [0.29, 0.717) is 6.04 Å². The van der Waals surface area contributed by atoms with Gasteiger partial charge >= 0.3 is 0 Å². The third-order valence-electron chi connectivity index (χ3n) is 5.16. The highest BCUT2D eigenvalue weighted by molar-refractivity contribution is 5.81. The summed E-state index contributed by atoms with van der Waals surface area (Å²) in [4.78, 5) is 16.9. The zero-order valence-corrected chi connectivity index (χ0v) is 13.3. The van der Waals surface area contributed by atoms with Crippen molar-refractivity contribution < 1.29 is 4.79 Å². The number of likely N-dealkylation sites (tertiary alicyclic amines) is 2. The normalized spacial score (nSPS) is 23.3. The summed E-state index contributed by atoms with van der Waals surface area (Å²) >= 11 is 0. The molecule has 2 aliphatic heterocycles. The van der Waals surface area contributed by atoms with Gasteiger partial charge in [-0.15, -0.1) is 0 Å². The fourth-order valence-corrected chi connectivity index (χ4v) is 3.98. The number of rotatable bonds is 4. The van der Waals surface area contributed by atoms with E-state index in [-0.39, 0.29) is 11.9 Å². The van der Waals surface area contributed by atoms with E-state index in [9.17, 15) is 4.79 Å². The van der Waals surface area contributed by atoms with E-state index < -0.39 is 0 Å². The fourth-order valence-electron chi connectivity index (χ4n) is 3.98. The molecular weight excluding hydrogens is 274 g/mol. The molecule has 1 amide bonds. The number of primary amides is 1. The fraction of sp³-hybridized carbons (Fsp3) is 0.611. The van der Waals surface area contributed by atoms with Crippen molar-refractivity contribution in [1.82, 2.24) is 9.80 Å². The largest absolute Gasteiger partial charge is 0.368 e. The molecule has 0 aliphatic carbocycles. The van der Waals surface area contributed by atoms with Crippen molar-refractivity contribution in [1.29, 1.82) is 0 Å². The van der Waals surface area contributed by atoms with Gasteiger partial charge in [-0.3, -0.25) is 9.69 Å². The number of hydrogen-bond donors (Lipinski definition) is 1. The molecule has 1 unspecified atom stereocenters. The highest BCUT2D eigenvalue weighted by Gasteiger charge is 2.31. The Morgan fingerprint density at radius 2 is 1.64 bits per heavy atom. The van der Waals surface area contributed by atoms with Crippen molar-refractivity contribution in [3.63, 3.8) is 0 Å². The Bertz CT molecular complexity index is 476. The molecule has 2 aliphatic rings. The van der Waals surface area contributed by atoms with Gasteiger partial charge in [0.2, 0.25) is 5.91 Å². The van der Waals surface area contributed by atoms with Gasteiger partial charge in [-0.1, -0.05) is 36.8 Å². The topological polar surface area (TPSA) is 49.6 Å². The van der Waals surface area contributed by atoms with Crippen LogP contribution in [0, 0.1) is 0 Å². The lowest BCUT2D eigenvalue weighted by atomic mass is 9.96. The lowest BCUT2D eigenvalue weighted by molar-refractivity contribution is -0.124. The molecule has 2 fully saturated rings. The van der Waals surface area contributed by atoms with Gasteiger partial charge in [-0.05, 0) is 44.3 Å². The summed E-state index contributed by atoms with van der Waals surface area (Å²) in [5.74, 6) is -0.234. The summed E-state index contributed by atoms with van der Waals surface area (Å²) in [6.07, 6.45) is 6.36. The predicted octanol–water partition coefficient (Wildman–Crippen LogP) is 2.16. The quantitative estimate of drug-likeness (QED) is 0.927. The first-order valence-corrected chi connectivity index (χ1v) is 8.58. The molecule has 2 saturated heterocycles. The lowest BCUT2D eigenvalue weighted by Crippen LogP contribution is -2.49. The van der Waals surface area contributed by atoms with Crippen LogP contribution in [0.25, 0.3) is 0 Å². The van der Waals surface area contributed by atoms with Crippen LogP contribution in [0.3, 0.4) is 0 Å². The van der Waals surface area contributed by atoms with Crippen molar-refractivity contribution in [2.24, 2.45) is 5.73 Å². The Kier molecular flexibility index (Phi) is 5.11. The third kappa shape index (κ3) is 3.50. The highest BCUT2D eigenvalue weighted by Crippen LogP contribution is 2.27. The van der Waals surface area contributed by atoms with Crippen molar-refractivity contribution >= 4 is 5.91 Å². The summed E-state index contributed by atoms with van der Waals surface area (Å²) in [7, 11) is 0. The molecule has 3 rings (SSSR count). The van der Waals surface area contributed by atoms with Gasteiger partial charge in [-0.25, -0.2) is 0 Å². The SMILES string of the molecule is NC(=O)C(c1ccccc1)N1CCC(N2CCCCC2)CC1. The van der Waals surface area contributed by atoms with Crippen LogP contribution >= 0.6 is 0 Å². The highest BCUT2D eigenvalue weighted by atomic mass is 16.1. The van der Waals surface area contributed by atoms with Gasteiger partial charge in [0.15, 0.2) is 0 Å². The van der Waals surface area contributed by atoms with Gasteiger partial charge in [-0.2, -0.15) is 0 Å². The Morgan fingerprint density at radius 1 is 1.00 bits per heavy atom. The van der Waals surface area contributed by atoms with Gasteiger partial charge < -0.3 is 10.6 Å². The molecular formula is C18H27N3O. The number of carbonyl (C=O) groups excluding carboxylic acids is 1. The van der Waals surface area contributed by atoms with Crippen LogP contribution in [-0.4, -0.2) is 47.9 Å². The van der Waals surface area contributed by atoms with Gasteiger partial charge in [0.1, 0.15) is 6.04 Å². The average molecular weight is 301 g/mol. The van der Waals surface area contributed by atoms with Crippen molar-refractivity contribution in [3.05, 3.63) is 35.9 Å². The van der Waals surface area contributed by atoms with E-state index in [1.165, 1.54) is 32.4 Å². The molecule has 0 bridgehead atoms. The van der Waals surface area contributed by atoms with Crippen molar-refractivity contribution in [2.45, 2.75) is 44.2 Å². The smallest absolute Gasteiger partial charge is 0.239 e. The maximum atomic E-state index is 12.0. The van der Waals surface area contributed by atoms with E-state index in [4.69, 9.17) is 5.73 Å². The molecule has 2 N–H and O–H groups in total. The molecule has 1 atom stereocenters. The van der Waals surface area contributed by atoms with Gasteiger partial charge in [0.25, 0.3) is 0 Å². The Labute approximate surface area is 133 Å². The van der Waals surface area contributed by atoms with E-state index in [1.54, 1.807) is 0 Å². The van der Waals surface area contributed by atoms with Crippen LogP contribution in [-0.2, 0) is 4.79 Å². The zero-order chi connectivity index (χ0) is 15.4. The molecule has 22 heavy (non-hydrogen) atoms. The molecule has 1 aromatic carbocycles. The summed E-state index contributed by atoms with van der Waals surface area (Å²) in [5, 5.41) is 0. The van der Waals surface area contributed by atoms with E-state index in [1.807, 2.05) is 30.3 Å². The number of hydrogen-bond acceptors (Lipinski definition) is 3. The molecule has 4 heteroatoms. The maximum Gasteiger partial charge on any atom is 0.239 e. The summed E-state index contributed by atoms with van der Waals surface area (Å²) < 4.78 is 0. The van der Waals surface area contributed by atoms with Crippen molar-refractivity contribution in [3.8, 4) is 0 Å². The first-order chi connectivity index (χ1) is 10.8. The summed E-state index contributed by atoms with van der Waals surface area (Å²) in [5.41, 5.74) is 6.71. The maximum absolute atomic E-state index is 12.0. The first-order valence-electron chi connectivity index (χ1n) is 8.58. The van der Waals surface area contributed by atoms with Crippen LogP contribution in [0.2, 0.25) is 0 Å². The number of nitrogens with zero attached hydrogens (tertiary/aromatic N) is 2. The molecule has 0 saturated carbocycles. The van der Waals surface area contributed by atoms with Crippen LogP contribution in [0.1, 0.15) is 43.7 Å². The first kappa shape index (κ1) is 15.5. The molecule has 2 heterocycles. The minimum absolute atomic E-state index is 0.234. The molecule has 120 valence electrons. The molecule has 1 aromatic rings. The Morgan fingerprint density at radius 3 is 2.23 bits per heavy atom. The monoisotopic (exact) mass is 301 g/mol. The standard InChI is InChI=1S/C18H27N3O/c19-18(22)17(15-7-3-1-4-8-15)21-13-9-16(10-14-21)20-11-5-2-6-12-20/h1,3-4,7-8,16-17H,2,5-6,9-14H2,(H2,19,22). The van der Waals surface area contributed by atoms with Crippen LogP contribution < -0.4 is 5.73 Å². The average Bonchev–Trinajstić information content (AvgIpc) is 2.57. The minimum atomic E-state index is -0.275. The second-order valence-corrected chi connectivity index (χ2v) is 6.58. The summed E-state index contributed by atoms with van der Waals surface area (Å²) in [6, 6.07) is 10.4. The summed E-state index contributed by atoms with van der Waals surface area (Å²) in [6.45, 7) is 4.43. The van der Waals surface area contributed by atoms with Crippen LogP contribution in [0.15, 0.2) is 30.3 Å². The predicted molar refractivity (Wildman–Crippen MR) is 88.4 cm³/mol. The molecule has 0 aromatic heterocycles. The van der Waals surface area contributed by atoms with Crippen LogP contribution in [0.5, 0.6) is 0 Å². The Hall–Kier alpha value is -1.39. The van der Waals surface area contributed by atoms with E-state index in [0.717, 1.165) is 31.5 Å².